The van der Waals surface area contributed by atoms with Gasteiger partial charge in [-0.3, -0.25) is 0 Å². The summed E-state index contributed by atoms with van der Waals surface area (Å²) in [7, 11) is 0. The predicted molar refractivity (Wildman–Crippen MR) is 56.0 cm³/mol. The topological polar surface area (TPSA) is 0 Å². The van der Waals surface area contributed by atoms with Crippen LogP contribution in [0.3, 0.4) is 0 Å². The van der Waals surface area contributed by atoms with Crippen molar-refractivity contribution in [2.75, 3.05) is 0 Å². The van der Waals surface area contributed by atoms with Gasteiger partial charge in [-0.1, -0.05) is 0 Å². The van der Waals surface area contributed by atoms with Crippen LogP contribution in [-0.4, -0.2) is 32.0 Å². The molecule has 0 bridgehead atoms. The third-order valence-corrected chi connectivity index (χ3v) is 4.65. The summed E-state index contributed by atoms with van der Waals surface area (Å²) in [5.41, 5.74) is 2.81. The van der Waals surface area contributed by atoms with Crippen LogP contribution in [0.25, 0.3) is 0 Å². The molecule has 0 nitrogen and oxygen atoms in total. The van der Waals surface area contributed by atoms with Crippen molar-refractivity contribution >= 4 is 40.9 Å². The molecule has 0 atom stereocenters. The Morgan fingerprint density at radius 1 is 0.917 bits per heavy atom. The summed E-state index contributed by atoms with van der Waals surface area (Å²) in [5.74, 6) is 0. The summed E-state index contributed by atoms with van der Waals surface area (Å²) in [6, 6.07) is 4.43. The van der Waals surface area contributed by atoms with Crippen molar-refractivity contribution in [3.63, 3.8) is 0 Å². The molecule has 0 N–H and O–H groups in total. The van der Waals surface area contributed by atoms with E-state index in [1.807, 2.05) is 0 Å². The second-order valence-corrected chi connectivity index (χ2v) is 4.46. The van der Waals surface area contributed by atoms with Crippen LogP contribution in [0.15, 0.2) is 12.1 Å². The molecule has 1 rings (SSSR count). The molecule has 1 aromatic rings. The van der Waals surface area contributed by atoms with Gasteiger partial charge in [0.25, 0.3) is 0 Å². The Labute approximate surface area is 90.8 Å². The Morgan fingerprint density at radius 2 is 1.25 bits per heavy atom. The van der Waals surface area contributed by atoms with Crippen molar-refractivity contribution in [3.8, 4) is 0 Å². The van der Waals surface area contributed by atoms with Gasteiger partial charge in [0.2, 0.25) is 0 Å². The van der Waals surface area contributed by atoms with Crippen molar-refractivity contribution in [2.24, 2.45) is 0 Å². The first kappa shape index (κ1) is 10.3. The Kier molecular flexibility index (Phi) is 3.86. The van der Waals surface area contributed by atoms with Crippen LogP contribution < -0.4 is 8.92 Å². The van der Waals surface area contributed by atoms with E-state index in [1.54, 1.807) is 0 Å². The van der Waals surface area contributed by atoms with Crippen LogP contribution in [-0.2, 0) is 12.8 Å². The quantitative estimate of drug-likeness (QED) is 0.692. The van der Waals surface area contributed by atoms with E-state index in [1.165, 1.54) is 20.1 Å². The Hall–Kier alpha value is 0.259. The first-order valence-electron chi connectivity index (χ1n) is 4.19. The first-order valence-corrected chi connectivity index (χ1v) is 5.90. The molecule has 0 fully saturated rings. The van der Waals surface area contributed by atoms with E-state index in [2.05, 4.69) is 58.0 Å². The minimum atomic E-state index is 1.10. The van der Waals surface area contributed by atoms with E-state index < -0.39 is 0 Å². The fraction of sp³-hybridized carbons (Fsp3) is 0.400. The molecular formula is C10H12Se2-2. The molecule has 0 aliphatic rings. The van der Waals surface area contributed by atoms with Gasteiger partial charge in [-0.05, 0) is 0 Å². The summed E-state index contributed by atoms with van der Waals surface area (Å²) in [5, 5.41) is 0. The van der Waals surface area contributed by atoms with Crippen LogP contribution >= 0.6 is 0 Å². The number of rotatable bonds is 2. The zero-order valence-corrected chi connectivity index (χ0v) is 10.8. The molecule has 0 amide bonds. The second kappa shape index (κ2) is 4.48. The van der Waals surface area contributed by atoms with Crippen molar-refractivity contribution in [1.29, 1.82) is 0 Å². The molecule has 1 aromatic carbocycles. The van der Waals surface area contributed by atoms with E-state index in [0.29, 0.717) is 0 Å². The molecule has 0 spiro atoms. The molecule has 12 heavy (non-hydrogen) atoms. The molecule has 0 aliphatic heterocycles. The normalized spacial score (nSPS) is 10.2. The summed E-state index contributed by atoms with van der Waals surface area (Å²) >= 11 is 6.27. The van der Waals surface area contributed by atoms with E-state index in [0.717, 1.165) is 12.8 Å². The predicted octanol–water partition coefficient (Wildman–Crippen LogP) is 0.399. The van der Waals surface area contributed by atoms with Gasteiger partial charge in [-0.25, -0.2) is 0 Å². The Morgan fingerprint density at radius 3 is 1.50 bits per heavy atom. The van der Waals surface area contributed by atoms with Crippen molar-refractivity contribution in [3.05, 3.63) is 23.3 Å². The summed E-state index contributed by atoms with van der Waals surface area (Å²) < 4.78 is 2.61. The number of hydrogen-bond donors (Lipinski definition) is 0. The monoisotopic (exact) mass is 292 g/mol. The van der Waals surface area contributed by atoms with Crippen molar-refractivity contribution in [2.45, 2.75) is 26.7 Å². The molecule has 0 saturated heterocycles. The summed E-state index contributed by atoms with van der Waals surface area (Å²) in [4.78, 5) is 0. The van der Waals surface area contributed by atoms with Gasteiger partial charge >= 0.3 is 90.9 Å². The Balaban J connectivity index is 3.20. The average molecular weight is 290 g/mol. The standard InChI is InChI=1S/C10H14Se2/c1-3-7-5-6-8(4-2)10(12)9(7)11/h5-6,11-12H,3-4H2,1-2H3/p-2. The van der Waals surface area contributed by atoms with E-state index in [4.69, 9.17) is 0 Å². The minimum absolute atomic E-state index is 1.10. The van der Waals surface area contributed by atoms with Gasteiger partial charge in [0.15, 0.2) is 0 Å². The van der Waals surface area contributed by atoms with Crippen molar-refractivity contribution < 1.29 is 0 Å². The number of aryl methyl sites for hydroxylation is 2. The van der Waals surface area contributed by atoms with Crippen LogP contribution in [0.5, 0.6) is 0 Å². The van der Waals surface area contributed by atoms with Crippen LogP contribution in [0, 0.1) is 0 Å². The van der Waals surface area contributed by atoms with Crippen LogP contribution in [0.1, 0.15) is 25.0 Å². The molecule has 0 saturated carbocycles. The Bertz CT molecular complexity index is 250. The van der Waals surface area contributed by atoms with E-state index >= 15 is 0 Å². The first-order chi connectivity index (χ1) is 5.70. The molecule has 0 heterocycles. The maximum absolute atomic E-state index is 3.13. The van der Waals surface area contributed by atoms with Gasteiger partial charge in [-0.15, -0.1) is 0 Å². The van der Waals surface area contributed by atoms with Gasteiger partial charge < -0.3 is 0 Å². The number of benzene rings is 1. The third-order valence-electron chi connectivity index (χ3n) is 2.04. The maximum atomic E-state index is 3.13. The fourth-order valence-electron chi connectivity index (χ4n) is 1.20. The fourth-order valence-corrected chi connectivity index (χ4v) is 2.64. The zero-order chi connectivity index (χ0) is 9.14. The molecule has 0 aromatic heterocycles. The molecule has 2 heteroatoms. The van der Waals surface area contributed by atoms with Gasteiger partial charge in [0.05, 0.1) is 0 Å². The third kappa shape index (κ3) is 1.95. The summed E-state index contributed by atoms with van der Waals surface area (Å²) in [6.07, 6.45) is 2.20. The van der Waals surface area contributed by atoms with E-state index in [9.17, 15) is 0 Å². The molecular weight excluding hydrogens is 278 g/mol. The van der Waals surface area contributed by atoms with Crippen LogP contribution in [0.2, 0.25) is 0 Å². The molecule has 0 radical (unpaired) electrons. The second-order valence-electron chi connectivity index (χ2n) is 2.75. The van der Waals surface area contributed by atoms with Gasteiger partial charge in [-0.2, -0.15) is 0 Å². The van der Waals surface area contributed by atoms with Crippen molar-refractivity contribution in [1.82, 2.24) is 0 Å². The molecule has 0 aliphatic carbocycles. The average Bonchev–Trinajstić information content (AvgIpc) is 2.10. The van der Waals surface area contributed by atoms with Gasteiger partial charge in [0, 0.05) is 0 Å². The molecule has 0 unspecified atom stereocenters. The summed E-state index contributed by atoms with van der Waals surface area (Å²) in [6.45, 7) is 4.36. The molecule has 66 valence electrons. The van der Waals surface area contributed by atoms with Gasteiger partial charge in [0.1, 0.15) is 0 Å². The SMILES string of the molecule is CCc1ccc(CC)c([Se-])c1[Se-]. The van der Waals surface area contributed by atoms with E-state index in [-0.39, 0.29) is 0 Å². The number of hydrogen-bond acceptors (Lipinski definition) is 0. The zero-order valence-electron chi connectivity index (χ0n) is 7.39. The van der Waals surface area contributed by atoms with Crippen LogP contribution in [0.4, 0.5) is 0 Å².